The van der Waals surface area contributed by atoms with Crippen molar-refractivity contribution in [2.45, 2.75) is 13.8 Å². The number of rotatable bonds is 3. The summed E-state index contributed by atoms with van der Waals surface area (Å²) in [6.07, 6.45) is 2.43. The largest absolute Gasteiger partial charge is 0.298 e. The number of amides is 2. The van der Waals surface area contributed by atoms with E-state index in [1.165, 1.54) is 4.90 Å². The monoisotopic (exact) mass is 337 g/mol. The van der Waals surface area contributed by atoms with Gasteiger partial charge in [-0.3, -0.25) is 14.4 Å². The lowest BCUT2D eigenvalue weighted by molar-refractivity contribution is -0.113. The van der Waals surface area contributed by atoms with E-state index in [-0.39, 0.29) is 11.1 Å². The van der Waals surface area contributed by atoms with Crippen LogP contribution >= 0.6 is 11.8 Å². The molecule has 0 aromatic heterocycles. The summed E-state index contributed by atoms with van der Waals surface area (Å²) in [7, 11) is 0. The van der Waals surface area contributed by atoms with Crippen LogP contribution in [-0.4, -0.2) is 17.4 Å². The van der Waals surface area contributed by atoms with Crippen LogP contribution in [0.2, 0.25) is 0 Å². The smallest absolute Gasteiger partial charge is 0.298 e. The van der Waals surface area contributed by atoms with Crippen LogP contribution in [0.15, 0.2) is 47.4 Å². The molecule has 2 aromatic rings. The van der Waals surface area contributed by atoms with Crippen molar-refractivity contribution in [2.24, 2.45) is 0 Å². The van der Waals surface area contributed by atoms with Gasteiger partial charge in [-0.2, -0.15) is 0 Å². The molecule has 120 valence electrons. The van der Waals surface area contributed by atoms with Crippen molar-refractivity contribution in [3.05, 3.63) is 69.6 Å². The molecule has 0 atom stereocenters. The summed E-state index contributed by atoms with van der Waals surface area (Å²) >= 11 is 0.925. The number of hydrogen-bond acceptors (Lipinski definition) is 4. The molecule has 2 amide bonds. The predicted molar refractivity (Wildman–Crippen MR) is 96.2 cm³/mol. The van der Waals surface area contributed by atoms with E-state index < -0.39 is 0 Å². The number of aryl methyl sites for hydroxylation is 1. The zero-order chi connectivity index (χ0) is 17.3. The normalized spacial score (nSPS) is 16.1. The minimum absolute atomic E-state index is 0.301. The van der Waals surface area contributed by atoms with Gasteiger partial charge in [-0.25, -0.2) is 4.90 Å². The Kier molecular flexibility index (Phi) is 4.36. The highest BCUT2D eigenvalue weighted by molar-refractivity contribution is 8.19. The van der Waals surface area contributed by atoms with Crippen molar-refractivity contribution < 1.29 is 14.4 Å². The van der Waals surface area contributed by atoms with Crippen LogP contribution in [0.4, 0.5) is 10.5 Å². The number of nitrogens with zero attached hydrogens (tertiary/aromatic N) is 1. The molecule has 0 radical (unpaired) electrons. The van der Waals surface area contributed by atoms with E-state index in [1.54, 1.807) is 36.4 Å². The summed E-state index contributed by atoms with van der Waals surface area (Å²) in [6.45, 7) is 3.85. The molecule has 1 heterocycles. The van der Waals surface area contributed by atoms with Crippen molar-refractivity contribution in [1.29, 1.82) is 0 Å². The van der Waals surface area contributed by atoms with Gasteiger partial charge in [-0.05, 0) is 54.4 Å². The zero-order valence-corrected chi connectivity index (χ0v) is 14.1. The van der Waals surface area contributed by atoms with Crippen LogP contribution in [0.3, 0.4) is 0 Å². The summed E-state index contributed by atoms with van der Waals surface area (Å²) < 4.78 is 0. The first-order chi connectivity index (χ1) is 11.5. The third-order valence-corrected chi connectivity index (χ3v) is 4.85. The Labute approximate surface area is 144 Å². The number of imide groups is 1. The Bertz CT molecular complexity index is 869. The van der Waals surface area contributed by atoms with E-state index in [4.69, 9.17) is 0 Å². The lowest BCUT2D eigenvalue weighted by atomic mass is 10.1. The minimum atomic E-state index is -0.321. The van der Waals surface area contributed by atoms with Crippen molar-refractivity contribution in [2.75, 3.05) is 4.90 Å². The molecule has 0 saturated carbocycles. The lowest BCUT2D eigenvalue weighted by Gasteiger charge is -2.16. The van der Waals surface area contributed by atoms with Crippen molar-refractivity contribution in [3.8, 4) is 0 Å². The second-order valence-corrected chi connectivity index (χ2v) is 6.51. The molecule has 1 aliphatic rings. The van der Waals surface area contributed by atoms with Gasteiger partial charge in [0, 0.05) is 5.56 Å². The molecule has 5 heteroatoms. The highest BCUT2D eigenvalue weighted by atomic mass is 32.2. The van der Waals surface area contributed by atoms with Gasteiger partial charge in [-0.15, -0.1) is 0 Å². The number of anilines is 1. The molecule has 24 heavy (non-hydrogen) atoms. The van der Waals surface area contributed by atoms with Gasteiger partial charge in [-0.1, -0.05) is 36.4 Å². The van der Waals surface area contributed by atoms with E-state index in [0.29, 0.717) is 16.2 Å². The quantitative estimate of drug-likeness (QED) is 0.617. The SMILES string of the molecule is Cc1cccc(N2C(=O)S/C(=C/c3ccc(C=O)cc3)C2=O)c1C. The number of carbonyl (C=O) groups excluding carboxylic acids is 3. The van der Waals surface area contributed by atoms with Crippen LogP contribution in [0.1, 0.15) is 27.0 Å². The molecule has 2 aromatic carbocycles. The van der Waals surface area contributed by atoms with Crippen LogP contribution in [-0.2, 0) is 4.79 Å². The highest BCUT2D eigenvalue weighted by Gasteiger charge is 2.37. The Hall–Kier alpha value is -2.66. The summed E-state index contributed by atoms with van der Waals surface area (Å²) in [5.74, 6) is -0.321. The van der Waals surface area contributed by atoms with Gasteiger partial charge in [0.1, 0.15) is 6.29 Å². The molecule has 0 bridgehead atoms. The molecule has 0 aliphatic carbocycles. The highest BCUT2D eigenvalue weighted by Crippen LogP contribution is 2.37. The molecule has 4 nitrogen and oxygen atoms in total. The maximum Gasteiger partial charge on any atom is 0.298 e. The molecular weight excluding hydrogens is 322 g/mol. The van der Waals surface area contributed by atoms with Gasteiger partial charge < -0.3 is 0 Å². The summed E-state index contributed by atoms with van der Waals surface area (Å²) in [5, 5.41) is -0.301. The van der Waals surface area contributed by atoms with E-state index in [0.717, 1.165) is 34.7 Å². The second kappa shape index (κ2) is 6.45. The fourth-order valence-corrected chi connectivity index (χ4v) is 3.31. The molecule has 3 rings (SSSR count). The lowest BCUT2D eigenvalue weighted by Crippen LogP contribution is -2.28. The van der Waals surface area contributed by atoms with Crippen molar-refractivity contribution in [1.82, 2.24) is 0 Å². The van der Waals surface area contributed by atoms with E-state index in [1.807, 2.05) is 26.0 Å². The fraction of sp³-hybridized carbons (Fsp3) is 0.105. The molecule has 0 unspecified atom stereocenters. The molecule has 1 saturated heterocycles. The van der Waals surface area contributed by atoms with Gasteiger partial charge in [0.15, 0.2) is 0 Å². The molecule has 1 fully saturated rings. The summed E-state index contributed by atoms with van der Waals surface area (Å²) in [4.78, 5) is 37.3. The number of thioether (sulfide) groups is 1. The topological polar surface area (TPSA) is 54.5 Å². The Morgan fingerprint density at radius 1 is 0.958 bits per heavy atom. The first-order valence-electron chi connectivity index (χ1n) is 7.40. The maximum atomic E-state index is 12.7. The van der Waals surface area contributed by atoms with E-state index in [9.17, 15) is 14.4 Å². The van der Waals surface area contributed by atoms with Gasteiger partial charge in [0.2, 0.25) is 0 Å². The number of aldehydes is 1. The molecule has 1 aliphatic heterocycles. The predicted octanol–water partition coefficient (Wildman–Crippen LogP) is 4.36. The van der Waals surface area contributed by atoms with Crippen LogP contribution in [0.5, 0.6) is 0 Å². The molecule has 0 N–H and O–H groups in total. The second-order valence-electron chi connectivity index (χ2n) is 5.52. The van der Waals surface area contributed by atoms with Crippen molar-refractivity contribution >= 4 is 41.0 Å². The van der Waals surface area contributed by atoms with Gasteiger partial charge in [0.05, 0.1) is 10.6 Å². The van der Waals surface area contributed by atoms with E-state index in [2.05, 4.69) is 0 Å². The van der Waals surface area contributed by atoms with E-state index >= 15 is 0 Å². The van der Waals surface area contributed by atoms with Crippen molar-refractivity contribution in [3.63, 3.8) is 0 Å². The third kappa shape index (κ3) is 2.90. The molecule has 0 spiro atoms. The number of carbonyl (C=O) groups is 3. The first kappa shape index (κ1) is 16.2. The zero-order valence-electron chi connectivity index (χ0n) is 13.3. The van der Waals surface area contributed by atoms with Crippen LogP contribution in [0, 0.1) is 13.8 Å². The maximum absolute atomic E-state index is 12.7. The average Bonchev–Trinajstić information content (AvgIpc) is 2.85. The standard InChI is InChI=1S/C19H15NO3S/c1-12-4-3-5-16(13(12)2)20-18(22)17(24-19(20)23)10-14-6-8-15(11-21)9-7-14/h3-11H,1-2H3/b17-10+. The van der Waals surface area contributed by atoms with Gasteiger partial charge in [0.25, 0.3) is 11.1 Å². The van der Waals surface area contributed by atoms with Crippen LogP contribution < -0.4 is 4.90 Å². The molecular formula is C19H15NO3S. The first-order valence-corrected chi connectivity index (χ1v) is 8.22. The number of benzene rings is 2. The third-order valence-electron chi connectivity index (χ3n) is 3.98. The van der Waals surface area contributed by atoms with Crippen LogP contribution in [0.25, 0.3) is 6.08 Å². The Morgan fingerprint density at radius 3 is 2.29 bits per heavy atom. The summed E-state index contributed by atoms with van der Waals surface area (Å²) in [5.41, 5.74) is 3.90. The fourth-order valence-electron chi connectivity index (χ4n) is 2.48. The van der Waals surface area contributed by atoms with Gasteiger partial charge >= 0.3 is 0 Å². The Balaban J connectivity index is 1.95. The average molecular weight is 337 g/mol. The minimum Gasteiger partial charge on any atom is -0.298 e. The summed E-state index contributed by atoms with van der Waals surface area (Å²) in [6, 6.07) is 12.4. The number of hydrogen-bond donors (Lipinski definition) is 0. The Morgan fingerprint density at radius 2 is 1.62 bits per heavy atom.